The molecule has 9 heteroatoms. The molecule has 0 spiro atoms. The summed E-state index contributed by atoms with van der Waals surface area (Å²) in [5.74, 6) is -1.25. The van der Waals surface area contributed by atoms with Crippen molar-refractivity contribution in [1.82, 2.24) is 5.32 Å². The summed E-state index contributed by atoms with van der Waals surface area (Å²) in [6.07, 6.45) is 4.81. The van der Waals surface area contributed by atoms with Gasteiger partial charge in [0.05, 0.1) is 12.8 Å². The second-order valence-electron chi connectivity index (χ2n) is 7.51. The van der Waals surface area contributed by atoms with Crippen molar-refractivity contribution in [1.29, 1.82) is 0 Å². The highest BCUT2D eigenvalue weighted by molar-refractivity contribution is 6.23. The topological polar surface area (TPSA) is 134 Å². The van der Waals surface area contributed by atoms with E-state index in [0.717, 1.165) is 12.5 Å². The third kappa shape index (κ3) is 7.49. The first-order valence-electron chi connectivity index (χ1n) is 10.3. The van der Waals surface area contributed by atoms with Crippen LogP contribution < -0.4 is 11.1 Å². The van der Waals surface area contributed by atoms with Gasteiger partial charge < -0.3 is 25.3 Å². The summed E-state index contributed by atoms with van der Waals surface area (Å²) in [6, 6.07) is 0. The number of amides is 2. The number of ketones is 2. The van der Waals surface area contributed by atoms with Crippen molar-refractivity contribution in [2.24, 2.45) is 11.7 Å². The summed E-state index contributed by atoms with van der Waals surface area (Å²) >= 11 is 0. The smallest absolute Gasteiger partial charge is 0.404 e. The van der Waals surface area contributed by atoms with Gasteiger partial charge in [0, 0.05) is 24.3 Å². The number of Topliss-reactive ketones (excluding diaryl/α,β-unsaturated/α-hetero) is 1. The molecule has 32 heavy (non-hydrogen) atoms. The highest BCUT2D eigenvalue weighted by Gasteiger charge is 2.31. The summed E-state index contributed by atoms with van der Waals surface area (Å²) in [6.45, 7) is 7.12. The van der Waals surface area contributed by atoms with Crippen LogP contribution in [0, 0.1) is 5.92 Å². The third-order valence-electron chi connectivity index (χ3n) is 5.04. The van der Waals surface area contributed by atoms with Gasteiger partial charge in [-0.25, -0.2) is 4.79 Å². The Hall–Kier alpha value is -3.20. The Bertz CT molecular complexity index is 868. The van der Waals surface area contributed by atoms with Crippen LogP contribution in [-0.2, 0) is 28.6 Å². The SMILES string of the molecule is CC[C@H](C)CC1=C(OC)C(=O)C=C(NC(=O)/C(C)=C/C=C\[C@H](OC)[C@H](C)OC(N)=O)C1=O. The van der Waals surface area contributed by atoms with E-state index < -0.39 is 35.8 Å². The highest BCUT2D eigenvalue weighted by atomic mass is 16.6. The lowest BCUT2D eigenvalue weighted by Gasteiger charge is -2.20. The average Bonchev–Trinajstić information content (AvgIpc) is 2.73. The number of hydrogen-bond acceptors (Lipinski definition) is 7. The number of carbonyl (C=O) groups is 4. The molecule has 9 nitrogen and oxygen atoms in total. The van der Waals surface area contributed by atoms with E-state index in [2.05, 4.69) is 5.32 Å². The lowest BCUT2D eigenvalue weighted by molar-refractivity contribution is -0.120. The maximum Gasteiger partial charge on any atom is 0.404 e. The zero-order chi connectivity index (χ0) is 24.4. The molecule has 0 bridgehead atoms. The first kappa shape index (κ1) is 26.8. The minimum atomic E-state index is -0.919. The summed E-state index contributed by atoms with van der Waals surface area (Å²) in [7, 11) is 2.78. The minimum absolute atomic E-state index is 0.0152. The molecule has 176 valence electrons. The number of rotatable bonds is 11. The molecule has 0 unspecified atom stereocenters. The van der Waals surface area contributed by atoms with Crippen molar-refractivity contribution in [2.75, 3.05) is 14.2 Å². The zero-order valence-corrected chi connectivity index (χ0v) is 19.4. The molecule has 3 atom stereocenters. The molecule has 0 aromatic carbocycles. The molecule has 0 aromatic rings. The highest BCUT2D eigenvalue weighted by Crippen LogP contribution is 2.26. The van der Waals surface area contributed by atoms with Gasteiger partial charge in [-0.2, -0.15) is 0 Å². The second kappa shape index (κ2) is 12.6. The third-order valence-corrected chi connectivity index (χ3v) is 5.04. The Morgan fingerprint density at radius 3 is 2.41 bits per heavy atom. The van der Waals surface area contributed by atoms with Crippen molar-refractivity contribution in [2.45, 2.75) is 52.7 Å². The van der Waals surface area contributed by atoms with Gasteiger partial charge in [-0.05, 0) is 26.2 Å². The molecule has 0 aromatic heterocycles. The second-order valence-corrected chi connectivity index (χ2v) is 7.51. The normalized spacial score (nSPS) is 17.7. The van der Waals surface area contributed by atoms with Crippen LogP contribution in [0.4, 0.5) is 4.79 Å². The Morgan fingerprint density at radius 1 is 1.22 bits per heavy atom. The quantitative estimate of drug-likeness (QED) is 0.282. The first-order chi connectivity index (χ1) is 15.0. The molecule has 2 amide bonds. The van der Waals surface area contributed by atoms with Crippen LogP contribution in [0.2, 0.25) is 0 Å². The minimum Gasteiger partial charge on any atom is -0.492 e. The van der Waals surface area contributed by atoms with Gasteiger partial charge in [0.25, 0.3) is 5.91 Å². The summed E-state index contributed by atoms with van der Waals surface area (Å²) in [5, 5.41) is 2.51. The van der Waals surface area contributed by atoms with Crippen molar-refractivity contribution in [3.63, 3.8) is 0 Å². The number of carbonyl (C=O) groups excluding carboxylic acids is 4. The predicted molar refractivity (Wildman–Crippen MR) is 118 cm³/mol. The van der Waals surface area contributed by atoms with E-state index in [1.54, 1.807) is 26.0 Å². The number of hydrogen-bond donors (Lipinski definition) is 2. The van der Waals surface area contributed by atoms with E-state index in [4.69, 9.17) is 19.9 Å². The standard InChI is InChI=1S/C23H32N2O7/c1-7-13(2)11-16-20(27)17(12-18(26)21(16)31-6)25-22(28)14(3)9-8-10-19(30-5)15(4)32-23(24)29/h8-10,12-13,15,19H,7,11H2,1-6H3,(H2,24,29)(H,25,28)/b10-8-,14-9+/t13-,15-,19-/m0/s1. The largest absolute Gasteiger partial charge is 0.492 e. The molecule has 0 radical (unpaired) electrons. The predicted octanol–water partition coefficient (Wildman–Crippen LogP) is 2.48. The van der Waals surface area contributed by atoms with Crippen LogP contribution in [0.25, 0.3) is 0 Å². The number of methoxy groups -OCH3 is 2. The molecule has 1 aliphatic rings. The molecular weight excluding hydrogens is 416 g/mol. The van der Waals surface area contributed by atoms with E-state index in [9.17, 15) is 19.2 Å². The molecule has 3 N–H and O–H groups in total. The van der Waals surface area contributed by atoms with Gasteiger partial charge in [-0.3, -0.25) is 14.4 Å². The number of primary amides is 1. The van der Waals surface area contributed by atoms with Gasteiger partial charge in [0.15, 0.2) is 5.76 Å². The number of ether oxygens (including phenoxy) is 3. The van der Waals surface area contributed by atoms with Crippen LogP contribution in [0.15, 0.2) is 46.9 Å². The van der Waals surface area contributed by atoms with E-state index >= 15 is 0 Å². The van der Waals surface area contributed by atoms with Crippen LogP contribution in [0.5, 0.6) is 0 Å². The molecule has 0 heterocycles. The van der Waals surface area contributed by atoms with Crippen molar-refractivity contribution < 1.29 is 33.4 Å². The molecule has 0 fully saturated rings. The lowest BCUT2D eigenvalue weighted by Crippen LogP contribution is -2.33. The summed E-state index contributed by atoms with van der Waals surface area (Å²) in [4.78, 5) is 48.7. The Labute approximate surface area is 188 Å². The van der Waals surface area contributed by atoms with Crippen molar-refractivity contribution in [3.8, 4) is 0 Å². The van der Waals surface area contributed by atoms with Gasteiger partial charge in [0.2, 0.25) is 11.6 Å². The fraction of sp³-hybridized carbons (Fsp3) is 0.478. The van der Waals surface area contributed by atoms with E-state index in [1.807, 2.05) is 13.8 Å². The molecule has 0 aliphatic heterocycles. The number of nitrogens with one attached hydrogen (secondary N) is 1. The molecule has 0 saturated carbocycles. The lowest BCUT2D eigenvalue weighted by atomic mass is 9.89. The number of allylic oxidation sites excluding steroid dienone is 4. The number of nitrogens with two attached hydrogens (primary N) is 1. The van der Waals surface area contributed by atoms with Gasteiger partial charge in [-0.15, -0.1) is 0 Å². The molecule has 0 saturated heterocycles. The van der Waals surface area contributed by atoms with E-state index in [0.29, 0.717) is 6.42 Å². The fourth-order valence-electron chi connectivity index (χ4n) is 2.95. The first-order valence-corrected chi connectivity index (χ1v) is 10.3. The monoisotopic (exact) mass is 448 g/mol. The molecular formula is C23H32N2O7. The van der Waals surface area contributed by atoms with Gasteiger partial charge >= 0.3 is 6.09 Å². The van der Waals surface area contributed by atoms with Crippen molar-refractivity contribution >= 4 is 23.6 Å². The van der Waals surface area contributed by atoms with E-state index in [1.165, 1.54) is 20.3 Å². The maximum atomic E-state index is 12.9. The van der Waals surface area contributed by atoms with E-state index in [-0.39, 0.29) is 28.5 Å². The van der Waals surface area contributed by atoms with Gasteiger partial charge in [0.1, 0.15) is 12.2 Å². The fourth-order valence-corrected chi connectivity index (χ4v) is 2.95. The van der Waals surface area contributed by atoms with Gasteiger partial charge in [-0.1, -0.05) is 38.5 Å². The van der Waals surface area contributed by atoms with Crippen LogP contribution in [-0.4, -0.2) is 50.0 Å². The van der Waals surface area contributed by atoms with Crippen LogP contribution >= 0.6 is 0 Å². The Morgan fingerprint density at radius 2 is 1.88 bits per heavy atom. The van der Waals surface area contributed by atoms with Crippen LogP contribution in [0.3, 0.4) is 0 Å². The molecule has 1 rings (SSSR count). The maximum absolute atomic E-state index is 12.9. The van der Waals surface area contributed by atoms with Crippen molar-refractivity contribution in [3.05, 3.63) is 46.9 Å². The molecule has 1 aliphatic carbocycles. The zero-order valence-electron chi connectivity index (χ0n) is 19.4. The summed E-state index contributed by atoms with van der Waals surface area (Å²) in [5.41, 5.74) is 5.46. The summed E-state index contributed by atoms with van der Waals surface area (Å²) < 4.78 is 15.2. The average molecular weight is 449 g/mol. The Balaban J connectivity index is 2.93. The Kier molecular flexibility index (Phi) is 10.6. The van der Waals surface area contributed by atoms with Crippen LogP contribution in [0.1, 0.15) is 40.5 Å².